The van der Waals surface area contributed by atoms with Crippen molar-refractivity contribution in [2.75, 3.05) is 5.32 Å². The maximum atomic E-state index is 12.3. The fourth-order valence-corrected chi connectivity index (χ4v) is 2.85. The molecule has 0 spiro atoms. The number of carbonyl (C=O) groups is 1. The molecule has 1 aromatic heterocycles. The van der Waals surface area contributed by atoms with Crippen LogP contribution in [0.15, 0.2) is 40.9 Å². The van der Waals surface area contributed by atoms with Crippen molar-refractivity contribution in [3.05, 3.63) is 68.6 Å². The van der Waals surface area contributed by atoms with E-state index in [1.54, 1.807) is 44.2 Å². The lowest BCUT2D eigenvalue weighted by Crippen LogP contribution is -2.14. The summed E-state index contributed by atoms with van der Waals surface area (Å²) in [6.45, 7) is 3.39. The third-order valence-corrected chi connectivity index (χ3v) is 4.49. The molecule has 1 N–H and O–H groups in total. The van der Waals surface area contributed by atoms with Crippen molar-refractivity contribution < 1.29 is 14.2 Å². The van der Waals surface area contributed by atoms with E-state index in [1.165, 1.54) is 6.07 Å². The van der Waals surface area contributed by atoms with Crippen LogP contribution in [0.5, 0.6) is 0 Å². The zero-order valence-electron chi connectivity index (χ0n) is 15.2. The first-order valence-electron chi connectivity index (χ1n) is 8.48. The fourth-order valence-electron chi connectivity index (χ4n) is 2.72. The van der Waals surface area contributed by atoms with Gasteiger partial charge in [0.15, 0.2) is 0 Å². The number of halogens is 1. The summed E-state index contributed by atoms with van der Waals surface area (Å²) in [5, 5.41) is 18.3. The summed E-state index contributed by atoms with van der Waals surface area (Å²) in [5.74, 6) is 0.447. The molecule has 1 heterocycles. The van der Waals surface area contributed by atoms with Crippen molar-refractivity contribution in [3.8, 4) is 11.4 Å². The summed E-state index contributed by atoms with van der Waals surface area (Å²) >= 11 is 5.86. The molecule has 9 heteroatoms. The van der Waals surface area contributed by atoms with Gasteiger partial charge in [-0.15, -0.1) is 0 Å². The van der Waals surface area contributed by atoms with Crippen LogP contribution in [-0.4, -0.2) is 21.0 Å². The van der Waals surface area contributed by atoms with Gasteiger partial charge in [0, 0.05) is 29.5 Å². The van der Waals surface area contributed by atoms with Gasteiger partial charge in [-0.25, -0.2) is 0 Å². The molecule has 28 heavy (non-hydrogen) atoms. The normalized spacial score (nSPS) is 10.7. The summed E-state index contributed by atoms with van der Waals surface area (Å²) in [5.41, 5.74) is 2.34. The van der Waals surface area contributed by atoms with Gasteiger partial charge < -0.3 is 9.84 Å². The van der Waals surface area contributed by atoms with Crippen LogP contribution in [0, 0.1) is 24.0 Å². The van der Waals surface area contributed by atoms with E-state index in [9.17, 15) is 14.9 Å². The van der Waals surface area contributed by atoms with Crippen molar-refractivity contribution in [2.24, 2.45) is 0 Å². The van der Waals surface area contributed by atoms with Gasteiger partial charge in [-0.1, -0.05) is 22.8 Å². The molecule has 2 aromatic carbocycles. The van der Waals surface area contributed by atoms with E-state index in [4.69, 9.17) is 16.1 Å². The number of anilines is 1. The molecule has 0 saturated carbocycles. The maximum Gasteiger partial charge on any atom is 0.274 e. The average Bonchev–Trinajstić information content (AvgIpc) is 3.12. The number of nitrogens with one attached hydrogen (secondary N) is 1. The van der Waals surface area contributed by atoms with E-state index >= 15 is 0 Å². The first-order chi connectivity index (χ1) is 13.3. The third kappa shape index (κ3) is 4.34. The molecule has 0 fully saturated rings. The predicted octanol–water partition coefficient (Wildman–Crippen LogP) is 4.49. The van der Waals surface area contributed by atoms with Crippen molar-refractivity contribution >= 4 is 28.9 Å². The van der Waals surface area contributed by atoms with Gasteiger partial charge in [0.25, 0.3) is 5.69 Å². The molecule has 0 atom stereocenters. The molecule has 0 aliphatic rings. The minimum Gasteiger partial charge on any atom is -0.339 e. The Morgan fingerprint density at radius 1 is 1.21 bits per heavy atom. The summed E-state index contributed by atoms with van der Waals surface area (Å²) in [6.07, 6.45) is 0.350. The van der Waals surface area contributed by atoms with Crippen molar-refractivity contribution in [2.45, 2.75) is 26.7 Å². The molecule has 0 aliphatic heterocycles. The van der Waals surface area contributed by atoms with Crippen LogP contribution in [-0.2, 0) is 11.2 Å². The molecule has 1 amide bonds. The van der Waals surface area contributed by atoms with Crippen LogP contribution in [0.3, 0.4) is 0 Å². The molecule has 8 nitrogen and oxygen atoms in total. The van der Waals surface area contributed by atoms with E-state index in [0.717, 1.165) is 11.1 Å². The number of amides is 1. The Morgan fingerprint density at radius 3 is 2.61 bits per heavy atom. The third-order valence-electron chi connectivity index (χ3n) is 4.24. The number of carbonyl (C=O) groups excluding carboxylic acids is 1. The van der Waals surface area contributed by atoms with Crippen LogP contribution in [0.1, 0.15) is 23.4 Å². The SMILES string of the molecule is Cc1ccc([N+](=O)[O-])c(C)c1NC(=O)CCc1nc(-c2ccc(Cl)cc2)no1. The van der Waals surface area contributed by atoms with Crippen LogP contribution in [0.4, 0.5) is 11.4 Å². The van der Waals surface area contributed by atoms with Gasteiger partial charge in [-0.05, 0) is 43.7 Å². The zero-order valence-corrected chi connectivity index (χ0v) is 16.0. The first-order valence-corrected chi connectivity index (χ1v) is 8.86. The summed E-state index contributed by atoms with van der Waals surface area (Å²) in [6, 6.07) is 10.0. The minimum atomic E-state index is -0.471. The van der Waals surface area contributed by atoms with E-state index in [2.05, 4.69) is 15.5 Å². The number of hydrogen-bond donors (Lipinski definition) is 1. The highest BCUT2D eigenvalue weighted by Gasteiger charge is 2.18. The second kappa shape index (κ2) is 8.18. The Hall–Kier alpha value is -3.26. The lowest BCUT2D eigenvalue weighted by molar-refractivity contribution is -0.385. The number of nitro groups is 1. The number of hydrogen-bond acceptors (Lipinski definition) is 6. The van der Waals surface area contributed by atoms with E-state index in [0.29, 0.717) is 28.0 Å². The van der Waals surface area contributed by atoms with E-state index in [1.807, 2.05) is 0 Å². The minimum absolute atomic E-state index is 0.0367. The Bertz CT molecular complexity index is 1030. The molecule has 0 radical (unpaired) electrons. The van der Waals surface area contributed by atoms with Gasteiger partial charge in [-0.2, -0.15) is 4.98 Å². The van der Waals surface area contributed by atoms with Crippen LogP contribution in [0.25, 0.3) is 11.4 Å². The van der Waals surface area contributed by atoms with Crippen molar-refractivity contribution in [3.63, 3.8) is 0 Å². The summed E-state index contributed by atoms with van der Waals surface area (Å²) in [4.78, 5) is 27.2. The Balaban J connectivity index is 1.65. The van der Waals surface area contributed by atoms with Crippen LogP contribution in [0.2, 0.25) is 5.02 Å². The highest BCUT2D eigenvalue weighted by Crippen LogP contribution is 2.29. The van der Waals surface area contributed by atoms with Crippen LogP contribution >= 0.6 is 11.6 Å². The van der Waals surface area contributed by atoms with Crippen molar-refractivity contribution in [1.29, 1.82) is 0 Å². The van der Waals surface area contributed by atoms with E-state index < -0.39 is 4.92 Å². The topological polar surface area (TPSA) is 111 Å². The Kier molecular flexibility index (Phi) is 5.70. The molecule has 3 aromatic rings. The monoisotopic (exact) mass is 400 g/mol. The lowest BCUT2D eigenvalue weighted by Gasteiger charge is -2.11. The summed E-state index contributed by atoms with van der Waals surface area (Å²) < 4.78 is 5.18. The Morgan fingerprint density at radius 2 is 1.93 bits per heavy atom. The van der Waals surface area contributed by atoms with Gasteiger partial charge in [0.1, 0.15) is 0 Å². The number of nitrogens with zero attached hydrogens (tertiary/aromatic N) is 3. The highest BCUT2D eigenvalue weighted by molar-refractivity contribution is 6.30. The molecular formula is C19H17ClN4O4. The predicted molar refractivity (Wildman–Crippen MR) is 104 cm³/mol. The number of nitro benzene ring substituents is 1. The number of aryl methyl sites for hydroxylation is 2. The molecule has 0 saturated heterocycles. The van der Waals surface area contributed by atoms with Crippen molar-refractivity contribution in [1.82, 2.24) is 10.1 Å². The Labute approximate surface area is 165 Å². The first kappa shape index (κ1) is 19.5. The van der Waals surface area contributed by atoms with Gasteiger partial charge in [-0.3, -0.25) is 14.9 Å². The molecule has 0 unspecified atom stereocenters. The molecule has 144 valence electrons. The largest absolute Gasteiger partial charge is 0.339 e. The summed E-state index contributed by atoms with van der Waals surface area (Å²) in [7, 11) is 0. The quantitative estimate of drug-likeness (QED) is 0.482. The van der Waals surface area contributed by atoms with Gasteiger partial charge >= 0.3 is 0 Å². The smallest absolute Gasteiger partial charge is 0.274 e. The standard InChI is InChI=1S/C19H17ClN4O4/c1-11-3-8-15(24(26)27)12(2)18(11)21-16(25)9-10-17-22-19(23-28-17)13-4-6-14(20)7-5-13/h3-8H,9-10H2,1-2H3,(H,21,25). The second-order valence-corrected chi connectivity index (χ2v) is 6.66. The van der Waals surface area contributed by atoms with Crippen LogP contribution < -0.4 is 5.32 Å². The molecule has 0 aliphatic carbocycles. The fraction of sp³-hybridized carbons (Fsp3) is 0.211. The zero-order chi connectivity index (χ0) is 20.3. The second-order valence-electron chi connectivity index (χ2n) is 6.23. The number of benzene rings is 2. The average molecular weight is 401 g/mol. The van der Waals surface area contributed by atoms with E-state index in [-0.39, 0.29) is 24.4 Å². The number of rotatable bonds is 6. The van der Waals surface area contributed by atoms with Gasteiger partial charge in [0.2, 0.25) is 17.6 Å². The lowest BCUT2D eigenvalue weighted by atomic mass is 10.1. The van der Waals surface area contributed by atoms with Gasteiger partial charge in [0.05, 0.1) is 16.2 Å². The molecular weight excluding hydrogens is 384 g/mol. The number of aromatic nitrogens is 2. The maximum absolute atomic E-state index is 12.3. The molecule has 0 bridgehead atoms. The molecule has 3 rings (SSSR count). The highest BCUT2D eigenvalue weighted by atomic mass is 35.5.